The molecule has 9 heteroatoms. The van der Waals surface area contributed by atoms with Crippen molar-refractivity contribution in [1.82, 2.24) is 14.5 Å². The van der Waals surface area contributed by atoms with Crippen molar-refractivity contribution >= 4 is 21.8 Å². The van der Waals surface area contributed by atoms with Crippen LogP contribution < -0.4 is 0 Å². The molecule has 2 heterocycles. The van der Waals surface area contributed by atoms with E-state index in [0.717, 1.165) is 68.4 Å². The molecule has 0 saturated heterocycles. The SMILES string of the molecule is Cc1ccc(-c2ccc3c(c2)c2ccccc2n3-c2c(-c3cccc(C(F)(F)F)c3)cc(-c3cc(-c4ccccc4)nc(-c4ccccc4)n3)cc2-c2cccc(C(F)(F)F)c2)c(C)c1. The molecule has 0 bridgehead atoms. The summed E-state index contributed by atoms with van der Waals surface area (Å²) in [4.78, 5) is 9.99. The molecule has 0 radical (unpaired) electrons. The van der Waals surface area contributed by atoms with Gasteiger partial charge in [0.25, 0.3) is 0 Å². The minimum Gasteiger partial charge on any atom is -0.308 e. The number of aromatic nitrogens is 3. The van der Waals surface area contributed by atoms with Crippen molar-refractivity contribution in [2.24, 2.45) is 0 Å². The lowest BCUT2D eigenvalue weighted by Crippen LogP contribution is -2.07. The number of rotatable bonds is 7. The van der Waals surface area contributed by atoms with Gasteiger partial charge in [-0.15, -0.1) is 0 Å². The highest BCUT2D eigenvalue weighted by Crippen LogP contribution is 2.46. The lowest BCUT2D eigenvalue weighted by Gasteiger charge is -2.22. The number of benzene rings is 8. The second-order valence-electron chi connectivity index (χ2n) is 16.2. The first-order valence-corrected chi connectivity index (χ1v) is 20.9. The van der Waals surface area contributed by atoms with Gasteiger partial charge in [0.1, 0.15) is 0 Å². The number of alkyl halides is 6. The molecule has 0 fully saturated rings. The van der Waals surface area contributed by atoms with Gasteiger partial charge in [-0.25, -0.2) is 9.97 Å². The standard InChI is InChI=1S/C56H37F6N3/c1-34-23-25-44(35(2)27-34)40-24-26-52-48(30-40)45-21-9-10-22-51(45)65(52)53-46(38-17-11-19-42(28-38)55(57,58)59)31-41(32-47(53)39-18-12-20-43(29-39)56(60,61)62)50-33-49(36-13-5-3-6-14-36)63-54(64-50)37-15-7-4-8-16-37/h3-33H,1-2H3. The Morgan fingerprint density at radius 3 is 1.51 bits per heavy atom. The van der Waals surface area contributed by atoms with E-state index in [4.69, 9.17) is 9.97 Å². The van der Waals surface area contributed by atoms with E-state index in [-0.39, 0.29) is 11.1 Å². The lowest BCUT2D eigenvalue weighted by atomic mass is 9.90. The molecule has 0 aliphatic heterocycles. The quantitative estimate of drug-likeness (QED) is 0.149. The molecule has 0 atom stereocenters. The Bertz CT molecular complexity index is 3290. The second-order valence-corrected chi connectivity index (χ2v) is 16.2. The molecule has 0 aliphatic carbocycles. The zero-order valence-electron chi connectivity index (χ0n) is 35.0. The average molecular weight is 866 g/mol. The Kier molecular flexibility index (Phi) is 10.2. The van der Waals surface area contributed by atoms with Gasteiger partial charge in [0.15, 0.2) is 5.82 Å². The maximum Gasteiger partial charge on any atom is 0.416 e. The van der Waals surface area contributed by atoms with Crippen molar-refractivity contribution in [3.8, 4) is 73.0 Å². The number of para-hydroxylation sites is 1. The third kappa shape index (κ3) is 7.84. The van der Waals surface area contributed by atoms with Gasteiger partial charge in [0, 0.05) is 38.6 Å². The van der Waals surface area contributed by atoms with E-state index in [0.29, 0.717) is 50.6 Å². The molecular formula is C56H37F6N3. The molecule has 0 N–H and O–H groups in total. The van der Waals surface area contributed by atoms with E-state index in [1.165, 1.54) is 12.1 Å². The number of hydrogen-bond donors (Lipinski definition) is 0. The smallest absolute Gasteiger partial charge is 0.308 e. The molecule has 318 valence electrons. The number of hydrogen-bond acceptors (Lipinski definition) is 2. The largest absolute Gasteiger partial charge is 0.416 e. The van der Waals surface area contributed by atoms with Crippen molar-refractivity contribution in [3.05, 3.63) is 210 Å². The van der Waals surface area contributed by atoms with Gasteiger partial charge in [-0.2, -0.15) is 26.3 Å². The highest BCUT2D eigenvalue weighted by molar-refractivity contribution is 6.12. The van der Waals surface area contributed by atoms with Crippen molar-refractivity contribution < 1.29 is 26.3 Å². The fraction of sp³-hybridized carbons (Fsp3) is 0.0714. The van der Waals surface area contributed by atoms with Gasteiger partial charge in [0.05, 0.1) is 39.2 Å². The maximum absolute atomic E-state index is 14.6. The molecule has 0 aliphatic rings. The summed E-state index contributed by atoms with van der Waals surface area (Å²) in [5, 5.41) is 1.72. The third-order valence-electron chi connectivity index (χ3n) is 11.8. The lowest BCUT2D eigenvalue weighted by molar-refractivity contribution is -0.138. The Hall–Kier alpha value is -7.78. The summed E-state index contributed by atoms with van der Waals surface area (Å²) in [5.41, 5.74) is 8.45. The van der Waals surface area contributed by atoms with Gasteiger partial charge in [-0.3, -0.25) is 0 Å². The van der Waals surface area contributed by atoms with Crippen LogP contribution in [0.15, 0.2) is 188 Å². The monoisotopic (exact) mass is 865 g/mol. The van der Waals surface area contributed by atoms with Crippen LogP contribution in [-0.2, 0) is 12.4 Å². The van der Waals surface area contributed by atoms with Crippen LogP contribution in [0.25, 0.3) is 94.8 Å². The number of nitrogens with zero attached hydrogens (tertiary/aromatic N) is 3. The van der Waals surface area contributed by atoms with E-state index in [1.807, 2.05) is 109 Å². The summed E-state index contributed by atoms with van der Waals surface area (Å²) in [5.74, 6) is 0.397. The number of aryl methyl sites for hydroxylation is 2. The fourth-order valence-electron chi connectivity index (χ4n) is 8.78. The molecule has 10 aromatic rings. The summed E-state index contributed by atoms with van der Waals surface area (Å²) in [6, 6.07) is 54.5. The van der Waals surface area contributed by atoms with Crippen LogP contribution >= 0.6 is 0 Å². The zero-order chi connectivity index (χ0) is 45.0. The maximum atomic E-state index is 14.6. The predicted molar refractivity (Wildman–Crippen MR) is 248 cm³/mol. The topological polar surface area (TPSA) is 30.7 Å². The van der Waals surface area contributed by atoms with E-state index in [9.17, 15) is 26.3 Å². The van der Waals surface area contributed by atoms with Crippen molar-refractivity contribution in [3.63, 3.8) is 0 Å². The molecule has 0 saturated carbocycles. The first-order chi connectivity index (χ1) is 31.3. The van der Waals surface area contributed by atoms with E-state index in [1.54, 1.807) is 30.3 Å². The van der Waals surface area contributed by atoms with Crippen molar-refractivity contribution in [2.75, 3.05) is 0 Å². The Morgan fingerprint density at radius 1 is 0.385 bits per heavy atom. The minimum absolute atomic E-state index is 0.211. The summed E-state index contributed by atoms with van der Waals surface area (Å²) < 4.78 is 89.7. The first kappa shape index (κ1) is 41.2. The van der Waals surface area contributed by atoms with Crippen LogP contribution in [-0.4, -0.2) is 14.5 Å². The highest BCUT2D eigenvalue weighted by atomic mass is 19.4. The van der Waals surface area contributed by atoms with Crippen LogP contribution in [0.1, 0.15) is 22.3 Å². The normalized spacial score (nSPS) is 12.0. The minimum atomic E-state index is -4.68. The van der Waals surface area contributed by atoms with Gasteiger partial charge in [-0.1, -0.05) is 133 Å². The molecule has 0 amide bonds. The molecule has 8 aromatic carbocycles. The predicted octanol–water partition coefficient (Wildman–Crippen LogP) is 16.2. The summed E-state index contributed by atoms with van der Waals surface area (Å²) >= 11 is 0. The van der Waals surface area contributed by atoms with Crippen molar-refractivity contribution in [1.29, 1.82) is 0 Å². The van der Waals surface area contributed by atoms with Crippen LogP contribution in [0, 0.1) is 13.8 Å². The average Bonchev–Trinajstić information content (AvgIpc) is 3.64. The highest BCUT2D eigenvalue weighted by Gasteiger charge is 2.33. The fourth-order valence-corrected chi connectivity index (χ4v) is 8.78. The molecule has 65 heavy (non-hydrogen) atoms. The molecular weight excluding hydrogens is 829 g/mol. The third-order valence-corrected chi connectivity index (χ3v) is 11.8. The van der Waals surface area contributed by atoms with Gasteiger partial charge in [-0.05, 0) is 102 Å². The summed E-state index contributed by atoms with van der Waals surface area (Å²) in [6.45, 7) is 4.10. The first-order valence-electron chi connectivity index (χ1n) is 20.9. The molecule has 0 spiro atoms. The van der Waals surface area contributed by atoms with Crippen LogP contribution in [0.3, 0.4) is 0 Å². The Labute approximate surface area is 371 Å². The van der Waals surface area contributed by atoms with Gasteiger partial charge in [0.2, 0.25) is 0 Å². The molecule has 0 unspecified atom stereocenters. The van der Waals surface area contributed by atoms with Crippen molar-refractivity contribution in [2.45, 2.75) is 26.2 Å². The van der Waals surface area contributed by atoms with Crippen LogP contribution in [0.4, 0.5) is 26.3 Å². The van der Waals surface area contributed by atoms with E-state index >= 15 is 0 Å². The summed E-state index contributed by atoms with van der Waals surface area (Å²) in [7, 11) is 0. The van der Waals surface area contributed by atoms with Gasteiger partial charge >= 0.3 is 12.4 Å². The number of halogens is 6. The zero-order valence-corrected chi connectivity index (χ0v) is 35.0. The van der Waals surface area contributed by atoms with Crippen LogP contribution in [0.2, 0.25) is 0 Å². The molecule has 3 nitrogen and oxygen atoms in total. The van der Waals surface area contributed by atoms with Crippen LogP contribution in [0.5, 0.6) is 0 Å². The Morgan fingerprint density at radius 2 is 0.908 bits per heavy atom. The summed E-state index contributed by atoms with van der Waals surface area (Å²) in [6.07, 6.45) is -9.37. The molecule has 10 rings (SSSR count). The van der Waals surface area contributed by atoms with Gasteiger partial charge < -0.3 is 4.57 Å². The Balaban J connectivity index is 1.34. The molecule has 2 aromatic heterocycles. The van der Waals surface area contributed by atoms with E-state index in [2.05, 4.69) is 31.2 Å². The number of fused-ring (bicyclic) bond motifs is 3. The van der Waals surface area contributed by atoms with E-state index < -0.39 is 23.5 Å². The second kappa shape index (κ2) is 16.1.